The second-order valence-corrected chi connectivity index (χ2v) is 5.23. The van der Waals surface area contributed by atoms with Gasteiger partial charge in [0.25, 0.3) is 5.69 Å². The van der Waals surface area contributed by atoms with Gasteiger partial charge in [0.1, 0.15) is 0 Å². The van der Waals surface area contributed by atoms with Crippen molar-refractivity contribution in [3.8, 4) is 0 Å². The Bertz CT molecular complexity index is 610. The van der Waals surface area contributed by atoms with E-state index in [9.17, 15) is 10.1 Å². The number of thiophene rings is 1. The number of rotatable bonds is 6. The topological polar surface area (TPSA) is 67.2 Å². The largest absolute Gasteiger partial charge is 0.385 e. The molecule has 2 rings (SSSR count). The first-order valence-electron chi connectivity index (χ1n) is 6.39. The second kappa shape index (κ2) is 6.38. The molecule has 0 fully saturated rings. The van der Waals surface area contributed by atoms with Gasteiger partial charge in [0.05, 0.1) is 4.92 Å². The fourth-order valence-electron chi connectivity index (χ4n) is 1.89. The van der Waals surface area contributed by atoms with E-state index in [1.54, 1.807) is 23.5 Å². The molecule has 6 heteroatoms. The third kappa shape index (κ3) is 3.48. The Balaban J connectivity index is 2.17. The zero-order chi connectivity index (χ0) is 14.5. The van der Waals surface area contributed by atoms with Gasteiger partial charge in [0, 0.05) is 36.6 Å². The second-order valence-electron chi connectivity index (χ2n) is 4.49. The number of nitro groups is 1. The van der Waals surface area contributed by atoms with E-state index < -0.39 is 0 Å². The first-order valence-corrected chi connectivity index (χ1v) is 7.33. The molecule has 1 heterocycles. The smallest absolute Gasteiger partial charge is 0.273 e. The number of nitrogens with one attached hydrogen (secondary N) is 2. The molecule has 0 aliphatic carbocycles. The number of nitro benzene ring substituents is 1. The summed E-state index contributed by atoms with van der Waals surface area (Å²) in [6.45, 7) is 5.41. The summed E-state index contributed by atoms with van der Waals surface area (Å²) in [6.07, 6.45) is 0. The fourth-order valence-corrected chi connectivity index (χ4v) is 2.75. The van der Waals surface area contributed by atoms with Crippen LogP contribution >= 0.6 is 11.3 Å². The third-order valence-corrected chi connectivity index (χ3v) is 3.86. The summed E-state index contributed by atoms with van der Waals surface area (Å²) < 4.78 is 0. The minimum Gasteiger partial charge on any atom is -0.385 e. The molecule has 0 spiro atoms. The Kier molecular flexibility index (Phi) is 4.57. The zero-order valence-electron chi connectivity index (χ0n) is 11.5. The highest BCUT2D eigenvalue weighted by atomic mass is 32.1. The molecule has 106 valence electrons. The Labute approximate surface area is 121 Å². The molecule has 1 aromatic carbocycles. The Morgan fingerprint density at radius 3 is 2.45 bits per heavy atom. The molecular formula is C14H17N3O2S. The Morgan fingerprint density at radius 1 is 1.20 bits per heavy atom. The lowest BCUT2D eigenvalue weighted by Crippen LogP contribution is -2.03. The van der Waals surface area contributed by atoms with Gasteiger partial charge in [-0.05, 0) is 41.8 Å². The van der Waals surface area contributed by atoms with Gasteiger partial charge in [-0.15, -0.1) is 0 Å². The lowest BCUT2D eigenvalue weighted by Gasteiger charge is -2.09. The molecule has 0 unspecified atom stereocenters. The standard InChI is InChI=1S/C14H17N3O2S/c1-3-15-12-4-13(6-14(5-12)17(18)19)16-7-11-9-20-8-10(11)2/h4-6,8-9,15-16H,3,7H2,1-2H3. The highest BCUT2D eigenvalue weighted by Crippen LogP contribution is 2.25. The van der Waals surface area contributed by atoms with Gasteiger partial charge in [-0.25, -0.2) is 0 Å². The summed E-state index contributed by atoms with van der Waals surface area (Å²) in [4.78, 5) is 10.6. The summed E-state index contributed by atoms with van der Waals surface area (Å²) in [5.41, 5.74) is 4.05. The monoisotopic (exact) mass is 291 g/mol. The quantitative estimate of drug-likeness (QED) is 0.623. The molecule has 1 aromatic heterocycles. The summed E-state index contributed by atoms with van der Waals surface area (Å²) in [6, 6.07) is 4.99. The van der Waals surface area contributed by atoms with Gasteiger partial charge in [-0.2, -0.15) is 11.3 Å². The van der Waals surface area contributed by atoms with E-state index in [4.69, 9.17) is 0 Å². The van der Waals surface area contributed by atoms with Crippen LogP contribution in [0.15, 0.2) is 29.0 Å². The van der Waals surface area contributed by atoms with Crippen molar-refractivity contribution in [1.29, 1.82) is 0 Å². The predicted molar refractivity (Wildman–Crippen MR) is 83.6 cm³/mol. The molecule has 20 heavy (non-hydrogen) atoms. The lowest BCUT2D eigenvalue weighted by atomic mass is 10.2. The molecule has 0 saturated carbocycles. The molecule has 0 amide bonds. The van der Waals surface area contributed by atoms with Crippen molar-refractivity contribution < 1.29 is 4.92 Å². The highest BCUT2D eigenvalue weighted by molar-refractivity contribution is 7.08. The van der Waals surface area contributed by atoms with E-state index in [2.05, 4.69) is 28.3 Å². The molecule has 0 aliphatic rings. The molecule has 0 saturated heterocycles. The van der Waals surface area contributed by atoms with Crippen LogP contribution < -0.4 is 10.6 Å². The van der Waals surface area contributed by atoms with Gasteiger partial charge in [0.15, 0.2) is 0 Å². The van der Waals surface area contributed by atoms with Crippen LogP contribution in [0.2, 0.25) is 0 Å². The van der Waals surface area contributed by atoms with E-state index in [-0.39, 0.29) is 10.6 Å². The molecule has 2 N–H and O–H groups in total. The summed E-state index contributed by atoms with van der Waals surface area (Å²) in [7, 11) is 0. The number of hydrogen-bond acceptors (Lipinski definition) is 5. The average molecular weight is 291 g/mol. The Hall–Kier alpha value is -2.08. The number of anilines is 2. The molecule has 5 nitrogen and oxygen atoms in total. The van der Waals surface area contributed by atoms with Crippen molar-refractivity contribution in [2.45, 2.75) is 20.4 Å². The maximum absolute atomic E-state index is 10.9. The Morgan fingerprint density at radius 2 is 1.90 bits per heavy atom. The number of non-ortho nitro benzene ring substituents is 1. The van der Waals surface area contributed by atoms with Gasteiger partial charge in [0.2, 0.25) is 0 Å². The van der Waals surface area contributed by atoms with Gasteiger partial charge < -0.3 is 10.6 Å². The van der Waals surface area contributed by atoms with Crippen LogP contribution in [0.5, 0.6) is 0 Å². The van der Waals surface area contributed by atoms with Crippen LogP contribution in [0, 0.1) is 17.0 Å². The van der Waals surface area contributed by atoms with Crippen LogP contribution in [-0.4, -0.2) is 11.5 Å². The minimum atomic E-state index is -0.373. The van der Waals surface area contributed by atoms with Crippen molar-refractivity contribution in [1.82, 2.24) is 0 Å². The van der Waals surface area contributed by atoms with Crippen LogP contribution in [0.1, 0.15) is 18.1 Å². The van der Waals surface area contributed by atoms with Crippen LogP contribution in [0.25, 0.3) is 0 Å². The van der Waals surface area contributed by atoms with Crippen molar-refractivity contribution >= 4 is 28.4 Å². The van der Waals surface area contributed by atoms with Crippen molar-refractivity contribution in [3.05, 3.63) is 50.2 Å². The summed E-state index contributed by atoms with van der Waals surface area (Å²) in [5.74, 6) is 0. The molecule has 2 aromatic rings. The molecule has 0 aliphatic heterocycles. The summed E-state index contributed by atoms with van der Waals surface area (Å²) in [5, 5.41) is 21.5. The molecule has 0 bridgehead atoms. The van der Waals surface area contributed by atoms with E-state index >= 15 is 0 Å². The SMILES string of the molecule is CCNc1cc(NCc2cscc2C)cc([N+](=O)[O-])c1. The summed E-state index contributed by atoms with van der Waals surface area (Å²) >= 11 is 1.66. The minimum absolute atomic E-state index is 0.0907. The predicted octanol–water partition coefficient (Wildman–Crippen LogP) is 4.01. The van der Waals surface area contributed by atoms with E-state index in [0.29, 0.717) is 6.54 Å². The number of aryl methyl sites for hydroxylation is 1. The highest BCUT2D eigenvalue weighted by Gasteiger charge is 2.09. The first kappa shape index (κ1) is 14.3. The zero-order valence-corrected chi connectivity index (χ0v) is 12.3. The first-order chi connectivity index (χ1) is 9.60. The number of hydrogen-bond donors (Lipinski definition) is 2. The van der Waals surface area contributed by atoms with Gasteiger partial charge >= 0.3 is 0 Å². The lowest BCUT2D eigenvalue weighted by molar-refractivity contribution is -0.384. The maximum Gasteiger partial charge on any atom is 0.273 e. The van der Waals surface area contributed by atoms with E-state index in [1.165, 1.54) is 11.1 Å². The molecule has 0 atom stereocenters. The van der Waals surface area contributed by atoms with Crippen LogP contribution in [-0.2, 0) is 6.54 Å². The number of nitrogens with zero attached hydrogens (tertiary/aromatic N) is 1. The molecule has 0 radical (unpaired) electrons. The van der Waals surface area contributed by atoms with Crippen molar-refractivity contribution in [2.75, 3.05) is 17.2 Å². The van der Waals surface area contributed by atoms with Crippen LogP contribution in [0.4, 0.5) is 17.1 Å². The fraction of sp³-hybridized carbons (Fsp3) is 0.286. The van der Waals surface area contributed by atoms with Gasteiger partial charge in [-0.1, -0.05) is 0 Å². The molecular weight excluding hydrogens is 274 g/mol. The maximum atomic E-state index is 10.9. The van der Waals surface area contributed by atoms with Gasteiger partial charge in [-0.3, -0.25) is 10.1 Å². The van der Waals surface area contributed by atoms with Crippen molar-refractivity contribution in [2.24, 2.45) is 0 Å². The van der Waals surface area contributed by atoms with Crippen LogP contribution in [0.3, 0.4) is 0 Å². The average Bonchev–Trinajstić information content (AvgIpc) is 2.82. The normalized spacial score (nSPS) is 10.3. The van der Waals surface area contributed by atoms with Crippen molar-refractivity contribution in [3.63, 3.8) is 0 Å². The number of benzene rings is 1. The third-order valence-electron chi connectivity index (χ3n) is 2.95. The van der Waals surface area contributed by atoms with E-state index in [0.717, 1.165) is 17.9 Å². The van der Waals surface area contributed by atoms with E-state index in [1.807, 2.05) is 13.0 Å².